The monoisotopic (exact) mass is 353 g/mol. The minimum absolute atomic E-state index is 0.0831. The van der Waals surface area contributed by atoms with Crippen LogP contribution in [0.25, 0.3) is 0 Å². The first-order valence-electron chi connectivity index (χ1n) is 7.94. The van der Waals surface area contributed by atoms with Gasteiger partial charge in [-0.25, -0.2) is 0 Å². The lowest BCUT2D eigenvalue weighted by Gasteiger charge is -2.26. The normalized spacial score (nSPS) is 16.2. The van der Waals surface area contributed by atoms with Gasteiger partial charge in [-0.2, -0.15) is 0 Å². The van der Waals surface area contributed by atoms with Crippen LogP contribution in [0.5, 0.6) is 0 Å². The fourth-order valence-corrected chi connectivity index (χ4v) is 3.29. The van der Waals surface area contributed by atoms with E-state index in [1.165, 1.54) is 0 Å². The zero-order chi connectivity index (χ0) is 17.4. The molecule has 4 rings (SSSR count). The zero-order valence-electron chi connectivity index (χ0n) is 13.6. The van der Waals surface area contributed by atoms with Gasteiger partial charge in [-0.1, -0.05) is 17.7 Å². The summed E-state index contributed by atoms with van der Waals surface area (Å²) in [7, 11) is 0. The molecule has 0 fully saturated rings. The average Bonchev–Trinajstić information content (AvgIpc) is 3.20. The summed E-state index contributed by atoms with van der Waals surface area (Å²) in [6.07, 6.45) is 2.88. The van der Waals surface area contributed by atoms with Crippen LogP contribution in [-0.2, 0) is 6.54 Å². The fraction of sp³-hybridized carbons (Fsp3) is 0.158. The van der Waals surface area contributed by atoms with E-state index in [1.807, 2.05) is 31.2 Å². The number of nitrogens with one attached hydrogen (secondary N) is 1. The maximum Gasteiger partial charge on any atom is 0.258 e. The van der Waals surface area contributed by atoms with Crippen LogP contribution in [0.2, 0.25) is 5.02 Å². The molecule has 126 valence electrons. The van der Waals surface area contributed by atoms with Gasteiger partial charge >= 0.3 is 0 Å². The van der Waals surface area contributed by atoms with Crippen LogP contribution in [0.3, 0.4) is 0 Å². The van der Waals surface area contributed by atoms with Gasteiger partial charge < -0.3 is 14.6 Å². The molecule has 3 heterocycles. The number of nitrogens with zero attached hydrogens (tertiary/aromatic N) is 2. The number of aryl methyl sites for hydroxylation is 1. The van der Waals surface area contributed by atoms with E-state index in [1.54, 1.807) is 35.6 Å². The van der Waals surface area contributed by atoms with Gasteiger partial charge in [0.25, 0.3) is 5.91 Å². The van der Waals surface area contributed by atoms with Crippen molar-refractivity contribution >= 4 is 23.2 Å². The van der Waals surface area contributed by atoms with Crippen molar-refractivity contribution < 1.29 is 9.21 Å². The number of hydrogen-bond donors (Lipinski definition) is 1. The number of benzene rings is 1. The smallest absolute Gasteiger partial charge is 0.258 e. The van der Waals surface area contributed by atoms with E-state index < -0.39 is 6.17 Å². The van der Waals surface area contributed by atoms with E-state index in [-0.39, 0.29) is 5.91 Å². The standard InChI is InChI=1S/C19H16ClN3O2/c1-12-6-7-16(15(20)10-12)22-18-17-14(5-2-8-21-17)19(24)23(18)11-13-4-3-9-25-13/h2-10,18,22H,11H2,1H3/t18-/m1/s1. The summed E-state index contributed by atoms with van der Waals surface area (Å²) in [6.45, 7) is 2.33. The van der Waals surface area contributed by atoms with Gasteiger partial charge in [-0.05, 0) is 48.9 Å². The maximum absolute atomic E-state index is 12.8. The lowest BCUT2D eigenvalue weighted by atomic mass is 10.2. The molecule has 0 aliphatic carbocycles. The highest BCUT2D eigenvalue weighted by Gasteiger charge is 2.38. The average molecular weight is 354 g/mol. The Bertz CT molecular complexity index is 924. The molecule has 1 amide bonds. The van der Waals surface area contributed by atoms with Crippen molar-refractivity contribution in [3.05, 3.63) is 82.5 Å². The molecule has 3 aromatic rings. The van der Waals surface area contributed by atoms with Crippen molar-refractivity contribution in [1.29, 1.82) is 0 Å². The Morgan fingerprint density at radius 3 is 2.92 bits per heavy atom. The summed E-state index contributed by atoms with van der Waals surface area (Å²) in [5.41, 5.74) is 3.11. The first-order valence-corrected chi connectivity index (χ1v) is 8.32. The molecular formula is C19H16ClN3O2. The van der Waals surface area contributed by atoms with E-state index in [0.29, 0.717) is 28.6 Å². The summed E-state index contributed by atoms with van der Waals surface area (Å²) in [5, 5.41) is 3.96. The number of pyridine rings is 1. The molecule has 1 atom stereocenters. The van der Waals surface area contributed by atoms with Crippen LogP contribution in [0.1, 0.15) is 33.5 Å². The van der Waals surface area contributed by atoms with E-state index in [0.717, 1.165) is 11.3 Å². The highest BCUT2D eigenvalue weighted by atomic mass is 35.5. The second kappa shape index (κ2) is 6.26. The van der Waals surface area contributed by atoms with E-state index in [4.69, 9.17) is 16.0 Å². The van der Waals surface area contributed by atoms with Gasteiger partial charge in [0.1, 0.15) is 11.9 Å². The number of amides is 1. The van der Waals surface area contributed by atoms with Crippen LogP contribution in [0.15, 0.2) is 59.3 Å². The van der Waals surface area contributed by atoms with Crippen molar-refractivity contribution in [2.24, 2.45) is 0 Å². The second-order valence-electron chi connectivity index (χ2n) is 5.98. The molecule has 0 bridgehead atoms. The zero-order valence-corrected chi connectivity index (χ0v) is 14.3. The molecule has 2 aromatic heterocycles. The summed E-state index contributed by atoms with van der Waals surface area (Å²) in [4.78, 5) is 19.0. The van der Waals surface area contributed by atoms with Crippen LogP contribution in [0.4, 0.5) is 5.69 Å². The first kappa shape index (κ1) is 15.7. The lowest BCUT2D eigenvalue weighted by Crippen LogP contribution is -2.32. The molecule has 1 aromatic carbocycles. The molecule has 0 radical (unpaired) electrons. The van der Waals surface area contributed by atoms with Gasteiger partial charge in [0, 0.05) is 6.20 Å². The number of furan rings is 1. The Morgan fingerprint density at radius 1 is 1.28 bits per heavy atom. The molecular weight excluding hydrogens is 338 g/mol. The molecule has 1 aliphatic heterocycles. The number of hydrogen-bond acceptors (Lipinski definition) is 4. The molecule has 6 heteroatoms. The molecule has 0 unspecified atom stereocenters. The summed E-state index contributed by atoms with van der Waals surface area (Å²) in [5.74, 6) is 0.628. The number of halogens is 1. The second-order valence-corrected chi connectivity index (χ2v) is 6.39. The molecule has 1 aliphatic rings. The molecule has 0 spiro atoms. The van der Waals surface area contributed by atoms with Crippen molar-refractivity contribution in [3.63, 3.8) is 0 Å². The number of carbonyl (C=O) groups is 1. The van der Waals surface area contributed by atoms with Gasteiger partial charge in [0.2, 0.25) is 0 Å². The van der Waals surface area contributed by atoms with Crippen molar-refractivity contribution in [2.45, 2.75) is 19.6 Å². The van der Waals surface area contributed by atoms with Crippen LogP contribution < -0.4 is 5.32 Å². The number of fused-ring (bicyclic) bond motifs is 1. The maximum atomic E-state index is 12.8. The van der Waals surface area contributed by atoms with E-state index >= 15 is 0 Å². The Labute approximate surface area is 150 Å². The molecule has 25 heavy (non-hydrogen) atoms. The molecule has 5 nitrogen and oxygen atoms in total. The largest absolute Gasteiger partial charge is 0.467 e. The van der Waals surface area contributed by atoms with Crippen molar-refractivity contribution in [1.82, 2.24) is 9.88 Å². The van der Waals surface area contributed by atoms with Crippen LogP contribution in [0, 0.1) is 6.92 Å². The fourth-order valence-electron chi connectivity index (χ4n) is 3.00. The summed E-state index contributed by atoms with van der Waals surface area (Å²) >= 11 is 6.36. The number of aromatic nitrogens is 1. The Morgan fingerprint density at radius 2 is 2.16 bits per heavy atom. The SMILES string of the molecule is Cc1ccc(N[C@H]2c3ncccc3C(=O)N2Cc2ccco2)c(Cl)c1. The van der Waals surface area contributed by atoms with Gasteiger partial charge in [-0.15, -0.1) is 0 Å². The van der Waals surface area contributed by atoms with Crippen LogP contribution >= 0.6 is 11.6 Å². The topological polar surface area (TPSA) is 58.4 Å². The third kappa shape index (κ3) is 2.87. The minimum Gasteiger partial charge on any atom is -0.467 e. The van der Waals surface area contributed by atoms with E-state index in [9.17, 15) is 4.79 Å². The lowest BCUT2D eigenvalue weighted by molar-refractivity contribution is 0.0714. The summed E-state index contributed by atoms with van der Waals surface area (Å²) in [6, 6.07) is 13.0. The highest BCUT2D eigenvalue weighted by Crippen LogP contribution is 2.36. The Balaban J connectivity index is 1.71. The molecule has 0 saturated carbocycles. The summed E-state index contributed by atoms with van der Waals surface area (Å²) < 4.78 is 5.41. The number of rotatable bonds is 4. The quantitative estimate of drug-likeness (QED) is 0.755. The first-order chi connectivity index (χ1) is 12.1. The van der Waals surface area contributed by atoms with Crippen molar-refractivity contribution in [3.8, 4) is 0 Å². The minimum atomic E-state index is -0.408. The highest BCUT2D eigenvalue weighted by molar-refractivity contribution is 6.33. The Kier molecular flexibility index (Phi) is 3.93. The predicted octanol–water partition coefficient (Wildman–Crippen LogP) is 4.40. The van der Waals surface area contributed by atoms with E-state index in [2.05, 4.69) is 10.3 Å². The third-order valence-electron chi connectivity index (χ3n) is 4.22. The van der Waals surface area contributed by atoms with Gasteiger partial charge in [-0.3, -0.25) is 9.78 Å². The molecule has 0 saturated heterocycles. The number of carbonyl (C=O) groups excluding carboxylic acids is 1. The van der Waals surface area contributed by atoms with Gasteiger partial charge in [0.05, 0.1) is 34.8 Å². The van der Waals surface area contributed by atoms with Crippen LogP contribution in [-0.4, -0.2) is 15.8 Å². The molecule has 1 N–H and O–H groups in total. The Hall–Kier alpha value is -2.79. The van der Waals surface area contributed by atoms with Crippen molar-refractivity contribution in [2.75, 3.05) is 5.32 Å². The third-order valence-corrected chi connectivity index (χ3v) is 4.54. The van der Waals surface area contributed by atoms with Gasteiger partial charge in [0.15, 0.2) is 0 Å². The predicted molar refractivity (Wildman–Crippen MR) is 95.4 cm³/mol. The number of anilines is 1.